The zero-order chi connectivity index (χ0) is 15.6. The quantitative estimate of drug-likeness (QED) is 0.933. The van der Waals surface area contributed by atoms with Gasteiger partial charge in [-0.2, -0.15) is 13.2 Å². The summed E-state index contributed by atoms with van der Waals surface area (Å²) >= 11 is 0. The first-order chi connectivity index (χ1) is 10.5. The van der Waals surface area contributed by atoms with E-state index < -0.39 is 11.7 Å². The molecule has 1 aliphatic rings. The molecular formula is C16H14F3NO2. The fourth-order valence-corrected chi connectivity index (χ4v) is 2.21. The van der Waals surface area contributed by atoms with E-state index in [-0.39, 0.29) is 6.79 Å². The predicted octanol–water partition coefficient (Wildman–Crippen LogP) is 3.72. The van der Waals surface area contributed by atoms with E-state index >= 15 is 0 Å². The van der Waals surface area contributed by atoms with E-state index in [0.717, 1.165) is 29.0 Å². The summed E-state index contributed by atoms with van der Waals surface area (Å²) in [6, 6.07) is 10.8. The van der Waals surface area contributed by atoms with Crippen LogP contribution in [0.4, 0.5) is 13.2 Å². The van der Waals surface area contributed by atoms with Crippen LogP contribution in [0, 0.1) is 0 Å². The molecule has 0 spiro atoms. The minimum atomic E-state index is -4.29. The van der Waals surface area contributed by atoms with Gasteiger partial charge in [-0.05, 0) is 35.4 Å². The largest absolute Gasteiger partial charge is 0.454 e. The second-order valence-corrected chi connectivity index (χ2v) is 4.99. The highest BCUT2D eigenvalue weighted by molar-refractivity contribution is 5.44. The smallest absolute Gasteiger partial charge is 0.416 e. The van der Waals surface area contributed by atoms with Crippen LogP contribution in [0.15, 0.2) is 42.5 Å². The lowest BCUT2D eigenvalue weighted by Crippen LogP contribution is -2.13. The minimum absolute atomic E-state index is 0.234. The molecule has 0 amide bonds. The van der Waals surface area contributed by atoms with Gasteiger partial charge in [0.1, 0.15) is 0 Å². The Balaban J connectivity index is 1.55. The molecule has 0 unspecified atom stereocenters. The van der Waals surface area contributed by atoms with Gasteiger partial charge in [-0.3, -0.25) is 0 Å². The normalized spacial score (nSPS) is 13.4. The Morgan fingerprint density at radius 1 is 0.864 bits per heavy atom. The highest BCUT2D eigenvalue weighted by Crippen LogP contribution is 2.32. The highest BCUT2D eigenvalue weighted by atomic mass is 19.4. The molecule has 0 atom stereocenters. The maximum Gasteiger partial charge on any atom is 0.416 e. The van der Waals surface area contributed by atoms with E-state index in [2.05, 4.69) is 5.32 Å². The molecule has 1 N–H and O–H groups in total. The van der Waals surface area contributed by atoms with Crippen molar-refractivity contribution in [1.29, 1.82) is 0 Å². The number of hydrogen-bond acceptors (Lipinski definition) is 3. The van der Waals surface area contributed by atoms with Gasteiger partial charge in [-0.15, -0.1) is 0 Å². The van der Waals surface area contributed by atoms with Crippen LogP contribution in [0.2, 0.25) is 0 Å². The van der Waals surface area contributed by atoms with Gasteiger partial charge >= 0.3 is 6.18 Å². The van der Waals surface area contributed by atoms with Crippen molar-refractivity contribution >= 4 is 0 Å². The molecule has 3 nitrogen and oxygen atoms in total. The van der Waals surface area contributed by atoms with Crippen LogP contribution in [0.3, 0.4) is 0 Å². The van der Waals surface area contributed by atoms with Gasteiger partial charge in [0, 0.05) is 13.1 Å². The predicted molar refractivity (Wildman–Crippen MR) is 74.6 cm³/mol. The summed E-state index contributed by atoms with van der Waals surface area (Å²) < 4.78 is 47.9. The molecule has 0 aliphatic carbocycles. The van der Waals surface area contributed by atoms with Crippen molar-refractivity contribution in [3.05, 3.63) is 59.2 Å². The summed E-state index contributed by atoms with van der Waals surface area (Å²) in [5.41, 5.74) is 1.19. The molecule has 0 saturated heterocycles. The number of hydrogen-bond donors (Lipinski definition) is 1. The Morgan fingerprint density at radius 2 is 1.50 bits per heavy atom. The molecule has 0 bridgehead atoms. The lowest BCUT2D eigenvalue weighted by Gasteiger charge is -2.09. The Labute approximate surface area is 125 Å². The summed E-state index contributed by atoms with van der Waals surface area (Å²) in [4.78, 5) is 0. The van der Waals surface area contributed by atoms with E-state index in [1.165, 1.54) is 12.1 Å². The van der Waals surface area contributed by atoms with Gasteiger partial charge in [0.05, 0.1) is 5.56 Å². The van der Waals surface area contributed by atoms with Crippen LogP contribution in [0.1, 0.15) is 16.7 Å². The second-order valence-electron chi connectivity index (χ2n) is 4.99. The maximum atomic E-state index is 12.5. The zero-order valence-corrected chi connectivity index (χ0v) is 11.6. The third-order valence-corrected chi connectivity index (χ3v) is 3.38. The van der Waals surface area contributed by atoms with Crippen LogP contribution in [-0.2, 0) is 19.3 Å². The minimum Gasteiger partial charge on any atom is -0.454 e. The van der Waals surface area contributed by atoms with Crippen LogP contribution < -0.4 is 14.8 Å². The molecule has 2 aromatic rings. The SMILES string of the molecule is FC(F)(F)c1ccc(CNCc2ccc3c(c2)OCO3)cc1. The fraction of sp³-hybridized carbons (Fsp3) is 0.250. The van der Waals surface area contributed by atoms with Crippen molar-refractivity contribution in [2.45, 2.75) is 19.3 Å². The van der Waals surface area contributed by atoms with Gasteiger partial charge in [0.25, 0.3) is 0 Å². The second kappa shape index (κ2) is 5.88. The average molecular weight is 309 g/mol. The summed E-state index contributed by atoms with van der Waals surface area (Å²) in [5, 5.41) is 3.19. The Kier molecular flexibility index (Phi) is 3.94. The molecule has 22 heavy (non-hydrogen) atoms. The number of halogens is 3. The van der Waals surface area contributed by atoms with E-state index in [4.69, 9.17) is 9.47 Å². The summed E-state index contributed by atoms with van der Waals surface area (Å²) in [6.45, 7) is 1.32. The summed E-state index contributed by atoms with van der Waals surface area (Å²) in [6.07, 6.45) is -4.29. The third kappa shape index (κ3) is 3.33. The molecule has 1 aliphatic heterocycles. The van der Waals surface area contributed by atoms with E-state index in [0.29, 0.717) is 18.8 Å². The van der Waals surface area contributed by atoms with Crippen molar-refractivity contribution in [3.8, 4) is 11.5 Å². The first-order valence-corrected chi connectivity index (χ1v) is 6.78. The first-order valence-electron chi connectivity index (χ1n) is 6.78. The van der Waals surface area contributed by atoms with Crippen molar-refractivity contribution in [2.75, 3.05) is 6.79 Å². The maximum absolute atomic E-state index is 12.5. The van der Waals surface area contributed by atoms with E-state index in [1.54, 1.807) is 0 Å². The van der Waals surface area contributed by atoms with Crippen molar-refractivity contribution in [1.82, 2.24) is 5.32 Å². The number of alkyl halides is 3. The number of fused-ring (bicyclic) bond motifs is 1. The first kappa shape index (κ1) is 14.7. The zero-order valence-electron chi connectivity index (χ0n) is 11.6. The molecule has 2 aromatic carbocycles. The van der Waals surface area contributed by atoms with Gasteiger partial charge < -0.3 is 14.8 Å². The van der Waals surface area contributed by atoms with Gasteiger partial charge in [-0.1, -0.05) is 18.2 Å². The summed E-state index contributed by atoms with van der Waals surface area (Å²) in [5.74, 6) is 1.44. The van der Waals surface area contributed by atoms with Crippen molar-refractivity contribution in [3.63, 3.8) is 0 Å². The van der Waals surface area contributed by atoms with Crippen molar-refractivity contribution in [2.24, 2.45) is 0 Å². The number of rotatable bonds is 4. The lowest BCUT2D eigenvalue weighted by atomic mass is 10.1. The lowest BCUT2D eigenvalue weighted by molar-refractivity contribution is -0.137. The van der Waals surface area contributed by atoms with Crippen LogP contribution in [0.5, 0.6) is 11.5 Å². The Morgan fingerprint density at radius 3 is 2.23 bits per heavy atom. The Hall–Kier alpha value is -2.21. The fourth-order valence-electron chi connectivity index (χ4n) is 2.21. The standard InChI is InChI=1S/C16H14F3NO2/c17-16(18,19)13-4-1-11(2-5-13)8-20-9-12-3-6-14-15(7-12)22-10-21-14/h1-7,20H,8-10H2. The topological polar surface area (TPSA) is 30.5 Å². The van der Waals surface area contributed by atoms with Crippen molar-refractivity contribution < 1.29 is 22.6 Å². The number of benzene rings is 2. The Bertz CT molecular complexity index is 653. The molecular weight excluding hydrogens is 295 g/mol. The molecule has 1 heterocycles. The number of nitrogens with one attached hydrogen (secondary N) is 1. The molecule has 0 fully saturated rings. The van der Waals surface area contributed by atoms with Crippen LogP contribution in [0.25, 0.3) is 0 Å². The number of ether oxygens (including phenoxy) is 2. The molecule has 0 radical (unpaired) electrons. The third-order valence-electron chi connectivity index (χ3n) is 3.38. The van der Waals surface area contributed by atoms with Gasteiger partial charge in [-0.25, -0.2) is 0 Å². The van der Waals surface area contributed by atoms with E-state index in [9.17, 15) is 13.2 Å². The molecule has 0 aromatic heterocycles. The molecule has 0 saturated carbocycles. The van der Waals surface area contributed by atoms with E-state index in [1.807, 2.05) is 18.2 Å². The highest BCUT2D eigenvalue weighted by Gasteiger charge is 2.29. The van der Waals surface area contributed by atoms with Gasteiger partial charge in [0.2, 0.25) is 6.79 Å². The average Bonchev–Trinajstić information content (AvgIpc) is 2.94. The monoisotopic (exact) mass is 309 g/mol. The summed E-state index contributed by atoms with van der Waals surface area (Å²) in [7, 11) is 0. The van der Waals surface area contributed by atoms with Crippen LogP contribution in [-0.4, -0.2) is 6.79 Å². The van der Waals surface area contributed by atoms with Gasteiger partial charge in [0.15, 0.2) is 11.5 Å². The molecule has 3 rings (SSSR count). The van der Waals surface area contributed by atoms with Crippen LogP contribution >= 0.6 is 0 Å². The molecule has 116 valence electrons. The molecule has 6 heteroatoms.